The van der Waals surface area contributed by atoms with Gasteiger partial charge in [-0.3, -0.25) is 14.9 Å². The second-order valence-electron chi connectivity index (χ2n) is 8.31. The monoisotopic (exact) mass is 384 g/mol. The van der Waals surface area contributed by atoms with Crippen LogP contribution in [0.15, 0.2) is 12.2 Å². The topological polar surface area (TPSA) is 87.5 Å². The molecule has 3 atom stereocenters. The molecule has 0 aromatic rings. The molecule has 150 valence electrons. The molecule has 0 bridgehead atoms. The van der Waals surface area contributed by atoms with Gasteiger partial charge >= 0.3 is 0 Å². The zero-order chi connectivity index (χ0) is 20.0. The van der Waals surface area contributed by atoms with E-state index in [0.29, 0.717) is 25.4 Å². The summed E-state index contributed by atoms with van der Waals surface area (Å²) in [5.74, 6) is 0.251. The van der Waals surface area contributed by atoms with Crippen LogP contribution in [0.1, 0.15) is 53.9 Å². The number of carbonyl (C=O) groups is 2. The summed E-state index contributed by atoms with van der Waals surface area (Å²) in [4.78, 5) is 27.1. The van der Waals surface area contributed by atoms with Crippen LogP contribution in [-0.4, -0.2) is 53.3 Å². The lowest BCUT2D eigenvalue weighted by atomic mass is 9.86. The maximum absolute atomic E-state index is 12.7. The normalized spacial score (nSPS) is 21.7. The van der Waals surface area contributed by atoms with Crippen molar-refractivity contribution in [3.63, 3.8) is 0 Å². The standard InChI is InChI=1S/C19H36N4O2S/c1-6-7-10-19(5,22-13-26)12-21-16(24)14-9-8-11-23(14)17(25)15(20)18(2,3)4/h7,10,14-15,22,26H,6,8-9,11-13,20H2,1-5H3,(H,21,24)/b10-7-/t14-,15+,19?/m0/s1. The van der Waals surface area contributed by atoms with E-state index in [9.17, 15) is 9.59 Å². The summed E-state index contributed by atoms with van der Waals surface area (Å²) in [6.07, 6.45) is 6.54. The number of rotatable bonds is 8. The Morgan fingerprint density at radius 1 is 1.35 bits per heavy atom. The van der Waals surface area contributed by atoms with Crippen molar-refractivity contribution in [1.29, 1.82) is 0 Å². The fourth-order valence-electron chi connectivity index (χ4n) is 2.98. The molecule has 4 N–H and O–H groups in total. The molecule has 1 aliphatic rings. The van der Waals surface area contributed by atoms with Crippen LogP contribution >= 0.6 is 12.6 Å². The number of thiol groups is 1. The minimum Gasteiger partial charge on any atom is -0.352 e. The number of nitrogens with two attached hydrogens (primary N) is 1. The van der Waals surface area contributed by atoms with Crippen molar-refractivity contribution in [2.24, 2.45) is 11.1 Å². The lowest BCUT2D eigenvalue weighted by Gasteiger charge is -2.33. The summed E-state index contributed by atoms with van der Waals surface area (Å²) in [7, 11) is 0. The van der Waals surface area contributed by atoms with Gasteiger partial charge in [-0.15, -0.1) is 0 Å². The lowest BCUT2D eigenvalue weighted by molar-refractivity contribution is -0.141. The van der Waals surface area contributed by atoms with Gasteiger partial charge in [0.2, 0.25) is 11.8 Å². The van der Waals surface area contributed by atoms with Crippen LogP contribution in [0, 0.1) is 5.41 Å². The van der Waals surface area contributed by atoms with Crippen molar-refractivity contribution in [3.8, 4) is 0 Å². The van der Waals surface area contributed by atoms with Crippen molar-refractivity contribution < 1.29 is 9.59 Å². The third-order valence-electron chi connectivity index (χ3n) is 4.87. The molecule has 6 nitrogen and oxygen atoms in total. The van der Waals surface area contributed by atoms with E-state index in [1.165, 1.54) is 0 Å². The molecule has 2 amide bonds. The van der Waals surface area contributed by atoms with E-state index in [2.05, 4.69) is 42.3 Å². The number of amides is 2. The maximum Gasteiger partial charge on any atom is 0.242 e. The van der Waals surface area contributed by atoms with Gasteiger partial charge in [-0.1, -0.05) is 39.8 Å². The first-order valence-electron chi connectivity index (χ1n) is 9.43. The Labute approximate surface area is 163 Å². The minimum absolute atomic E-state index is 0.117. The van der Waals surface area contributed by atoms with E-state index in [-0.39, 0.29) is 22.8 Å². The molecular weight excluding hydrogens is 348 g/mol. The molecule has 1 rings (SSSR count). The Hall–Kier alpha value is -1.05. The largest absolute Gasteiger partial charge is 0.352 e. The van der Waals surface area contributed by atoms with Crippen molar-refractivity contribution >= 4 is 24.4 Å². The van der Waals surface area contributed by atoms with Crippen LogP contribution in [0.2, 0.25) is 0 Å². The molecule has 0 aliphatic carbocycles. The van der Waals surface area contributed by atoms with E-state index in [0.717, 1.165) is 12.8 Å². The van der Waals surface area contributed by atoms with Gasteiger partial charge < -0.3 is 16.0 Å². The Bertz CT molecular complexity index is 518. The minimum atomic E-state index is -0.612. The fraction of sp³-hybridized carbons (Fsp3) is 0.789. The number of likely N-dealkylation sites (tertiary alicyclic amines) is 1. The number of allylic oxidation sites excluding steroid dienone is 1. The molecule has 0 aromatic heterocycles. The first-order chi connectivity index (χ1) is 12.1. The third kappa shape index (κ3) is 6.28. The summed E-state index contributed by atoms with van der Waals surface area (Å²) >= 11 is 4.23. The highest BCUT2D eigenvalue weighted by Gasteiger charge is 2.39. The van der Waals surface area contributed by atoms with Crippen molar-refractivity contribution in [1.82, 2.24) is 15.5 Å². The zero-order valence-electron chi connectivity index (χ0n) is 16.8. The maximum atomic E-state index is 12.7. The Balaban J connectivity index is 2.76. The quantitative estimate of drug-likeness (QED) is 0.291. The van der Waals surface area contributed by atoms with Crippen LogP contribution in [0.25, 0.3) is 0 Å². The fourth-order valence-corrected chi connectivity index (χ4v) is 3.34. The number of hydrogen-bond acceptors (Lipinski definition) is 5. The summed E-state index contributed by atoms with van der Waals surface area (Å²) < 4.78 is 0. The first-order valence-corrected chi connectivity index (χ1v) is 10.1. The highest BCUT2D eigenvalue weighted by atomic mass is 32.1. The number of carbonyl (C=O) groups excluding carboxylic acids is 2. The van der Waals surface area contributed by atoms with Gasteiger partial charge in [0.05, 0.1) is 11.6 Å². The second-order valence-corrected chi connectivity index (χ2v) is 8.63. The van der Waals surface area contributed by atoms with Crippen LogP contribution < -0.4 is 16.4 Å². The van der Waals surface area contributed by atoms with E-state index in [1.54, 1.807) is 4.90 Å². The predicted molar refractivity (Wildman–Crippen MR) is 110 cm³/mol. The molecule has 7 heteroatoms. The average molecular weight is 385 g/mol. The summed E-state index contributed by atoms with van der Waals surface area (Å²) in [6, 6.07) is -1.05. The van der Waals surface area contributed by atoms with Crippen LogP contribution in [-0.2, 0) is 9.59 Å². The van der Waals surface area contributed by atoms with E-state index >= 15 is 0 Å². The van der Waals surface area contributed by atoms with Crippen molar-refractivity contribution in [2.75, 3.05) is 19.0 Å². The van der Waals surface area contributed by atoms with E-state index in [4.69, 9.17) is 5.73 Å². The molecule has 1 heterocycles. The molecule has 0 radical (unpaired) electrons. The van der Waals surface area contributed by atoms with E-state index < -0.39 is 12.1 Å². The molecule has 1 fully saturated rings. The Kier molecular flexibility index (Phi) is 8.63. The number of nitrogens with zero attached hydrogens (tertiary/aromatic N) is 1. The third-order valence-corrected chi connectivity index (χ3v) is 5.03. The van der Waals surface area contributed by atoms with Crippen molar-refractivity contribution in [2.45, 2.75) is 71.5 Å². The van der Waals surface area contributed by atoms with Gasteiger partial charge in [0.15, 0.2) is 0 Å². The van der Waals surface area contributed by atoms with Gasteiger partial charge in [-0.2, -0.15) is 12.6 Å². The molecule has 1 aliphatic heterocycles. The highest BCUT2D eigenvalue weighted by Crippen LogP contribution is 2.24. The SMILES string of the molecule is CC/C=C\C(C)(CNC(=O)[C@@H]1CCCN1C(=O)[C@@H](N)C(C)(C)C)NCS. The molecule has 1 unspecified atom stereocenters. The van der Waals surface area contributed by atoms with Crippen molar-refractivity contribution in [3.05, 3.63) is 12.2 Å². The summed E-state index contributed by atoms with van der Waals surface area (Å²) in [6.45, 7) is 10.9. The zero-order valence-corrected chi connectivity index (χ0v) is 17.7. The first kappa shape index (κ1) is 23.0. The van der Waals surface area contributed by atoms with Crippen LogP contribution in [0.5, 0.6) is 0 Å². The lowest BCUT2D eigenvalue weighted by Crippen LogP contribution is -2.56. The molecule has 0 saturated carbocycles. The predicted octanol–water partition coefficient (Wildman–Crippen LogP) is 1.67. The van der Waals surface area contributed by atoms with E-state index in [1.807, 2.05) is 27.7 Å². The molecule has 0 spiro atoms. The molecule has 0 aromatic carbocycles. The number of hydrogen-bond donors (Lipinski definition) is 4. The molecule has 26 heavy (non-hydrogen) atoms. The van der Waals surface area contributed by atoms with Gasteiger partial charge in [0, 0.05) is 19.0 Å². The molecule has 1 saturated heterocycles. The van der Waals surface area contributed by atoms with Gasteiger partial charge in [-0.25, -0.2) is 0 Å². The second kappa shape index (κ2) is 9.76. The Morgan fingerprint density at radius 3 is 2.54 bits per heavy atom. The van der Waals surface area contributed by atoms with Gasteiger partial charge in [0.25, 0.3) is 0 Å². The van der Waals surface area contributed by atoms with Crippen LogP contribution in [0.3, 0.4) is 0 Å². The van der Waals surface area contributed by atoms with Gasteiger partial charge in [-0.05, 0) is 31.6 Å². The summed E-state index contributed by atoms with van der Waals surface area (Å²) in [5.41, 5.74) is 5.42. The average Bonchev–Trinajstić information content (AvgIpc) is 3.06. The number of nitrogens with one attached hydrogen (secondary N) is 2. The Morgan fingerprint density at radius 2 is 2.00 bits per heavy atom. The van der Waals surface area contributed by atoms with Gasteiger partial charge in [0.1, 0.15) is 6.04 Å². The highest BCUT2D eigenvalue weighted by molar-refractivity contribution is 7.80. The van der Waals surface area contributed by atoms with Crippen LogP contribution in [0.4, 0.5) is 0 Å². The molecular formula is C19H36N4O2S. The smallest absolute Gasteiger partial charge is 0.242 e. The summed E-state index contributed by atoms with van der Waals surface area (Å²) in [5, 5.41) is 6.27.